The summed E-state index contributed by atoms with van der Waals surface area (Å²) in [5.41, 5.74) is 1.44. The maximum absolute atomic E-state index is 12.5. The minimum absolute atomic E-state index is 0.161. The van der Waals surface area contributed by atoms with Gasteiger partial charge in [0.1, 0.15) is 30.1 Å². The largest absolute Gasteiger partial charge is 0.360 e. The van der Waals surface area contributed by atoms with E-state index in [1.807, 2.05) is 42.5 Å². The molecular weight excluding hydrogens is 268 g/mol. The Morgan fingerprint density at radius 1 is 1.24 bits per heavy atom. The van der Waals surface area contributed by atoms with Crippen molar-refractivity contribution >= 4 is 5.91 Å². The number of carbonyl (C=O) groups is 1. The summed E-state index contributed by atoms with van der Waals surface area (Å²) >= 11 is 0. The van der Waals surface area contributed by atoms with Crippen molar-refractivity contribution in [3.63, 3.8) is 0 Å². The Kier molecular flexibility index (Phi) is 4.33. The van der Waals surface area contributed by atoms with E-state index in [0.29, 0.717) is 11.5 Å². The van der Waals surface area contributed by atoms with Gasteiger partial charge in [0, 0.05) is 5.56 Å². The van der Waals surface area contributed by atoms with Gasteiger partial charge in [-0.05, 0) is 6.92 Å². The zero-order chi connectivity index (χ0) is 15.2. The fraction of sp³-hybridized carbons (Fsp3) is 0.200. The Morgan fingerprint density at radius 2 is 1.86 bits per heavy atom. The third kappa shape index (κ3) is 2.90. The quantitative estimate of drug-likeness (QED) is 0.800. The summed E-state index contributed by atoms with van der Waals surface area (Å²) in [6.07, 6.45) is 0. The third-order valence-electron chi connectivity index (χ3n) is 2.93. The van der Waals surface area contributed by atoms with Crippen LogP contribution in [-0.4, -0.2) is 29.1 Å². The second-order valence-corrected chi connectivity index (χ2v) is 4.31. The second-order valence-electron chi connectivity index (χ2n) is 4.31. The average molecular weight is 280 g/mol. The van der Waals surface area contributed by atoms with E-state index in [4.69, 9.17) is 15.0 Å². The van der Waals surface area contributed by atoms with E-state index < -0.39 is 5.91 Å². The zero-order valence-corrected chi connectivity index (χ0v) is 11.4. The first-order valence-electron chi connectivity index (χ1n) is 6.24. The second kappa shape index (κ2) is 6.36. The van der Waals surface area contributed by atoms with Crippen molar-refractivity contribution in [1.29, 1.82) is 10.5 Å². The van der Waals surface area contributed by atoms with Gasteiger partial charge in [-0.25, -0.2) is 0 Å². The summed E-state index contributed by atoms with van der Waals surface area (Å²) in [5.74, 6) is -0.0737. The van der Waals surface area contributed by atoms with Crippen LogP contribution < -0.4 is 0 Å². The molecule has 6 nitrogen and oxygen atoms in total. The first-order chi connectivity index (χ1) is 10.2. The molecule has 0 spiro atoms. The Morgan fingerprint density at radius 3 is 2.43 bits per heavy atom. The molecule has 1 heterocycles. The van der Waals surface area contributed by atoms with Crippen LogP contribution in [0.3, 0.4) is 0 Å². The van der Waals surface area contributed by atoms with Crippen molar-refractivity contribution in [2.45, 2.75) is 6.92 Å². The fourth-order valence-electron chi connectivity index (χ4n) is 1.95. The molecular formula is C15H12N4O2. The van der Waals surface area contributed by atoms with Gasteiger partial charge < -0.3 is 9.42 Å². The number of aromatic nitrogens is 1. The first kappa shape index (κ1) is 14.3. The lowest BCUT2D eigenvalue weighted by Gasteiger charge is -2.15. The molecule has 1 amide bonds. The number of nitrogens with zero attached hydrogens (tertiary/aromatic N) is 4. The van der Waals surface area contributed by atoms with Gasteiger partial charge in [-0.15, -0.1) is 0 Å². The molecule has 1 aromatic carbocycles. The summed E-state index contributed by atoms with van der Waals surface area (Å²) in [6, 6.07) is 12.9. The highest BCUT2D eigenvalue weighted by Crippen LogP contribution is 2.26. The molecule has 0 bridgehead atoms. The van der Waals surface area contributed by atoms with E-state index in [1.54, 1.807) is 6.92 Å². The highest BCUT2D eigenvalue weighted by molar-refractivity contribution is 6.01. The average Bonchev–Trinajstić information content (AvgIpc) is 2.89. The van der Waals surface area contributed by atoms with Crippen LogP contribution in [-0.2, 0) is 0 Å². The van der Waals surface area contributed by atoms with Gasteiger partial charge in [-0.2, -0.15) is 10.5 Å². The van der Waals surface area contributed by atoms with E-state index in [-0.39, 0.29) is 18.7 Å². The van der Waals surface area contributed by atoms with E-state index in [2.05, 4.69) is 5.16 Å². The molecule has 0 aliphatic carbocycles. The molecule has 2 aromatic rings. The van der Waals surface area contributed by atoms with E-state index in [0.717, 1.165) is 10.5 Å². The van der Waals surface area contributed by atoms with Crippen LogP contribution in [0.5, 0.6) is 0 Å². The van der Waals surface area contributed by atoms with Gasteiger partial charge >= 0.3 is 0 Å². The van der Waals surface area contributed by atoms with Crippen LogP contribution in [0.2, 0.25) is 0 Å². The van der Waals surface area contributed by atoms with Gasteiger partial charge in [-0.1, -0.05) is 35.5 Å². The maximum Gasteiger partial charge on any atom is 0.261 e. The molecule has 0 radical (unpaired) electrons. The predicted octanol–water partition coefficient (Wildman–Crippen LogP) is 2.14. The number of hydrogen-bond acceptors (Lipinski definition) is 5. The molecule has 0 atom stereocenters. The Bertz CT molecular complexity index is 706. The lowest BCUT2D eigenvalue weighted by Crippen LogP contribution is -2.32. The number of amides is 1. The van der Waals surface area contributed by atoms with Crippen LogP contribution in [0.1, 0.15) is 16.1 Å². The van der Waals surface area contributed by atoms with Crippen molar-refractivity contribution < 1.29 is 9.32 Å². The molecule has 0 saturated heterocycles. The van der Waals surface area contributed by atoms with Gasteiger partial charge in [-0.3, -0.25) is 4.79 Å². The monoisotopic (exact) mass is 280 g/mol. The number of benzene rings is 1. The van der Waals surface area contributed by atoms with Gasteiger partial charge in [0.25, 0.3) is 5.91 Å². The summed E-state index contributed by atoms with van der Waals surface area (Å²) < 4.78 is 5.11. The number of carbonyl (C=O) groups excluding carboxylic acids is 1. The van der Waals surface area contributed by atoms with Crippen molar-refractivity contribution in [3.05, 3.63) is 41.7 Å². The molecule has 104 valence electrons. The Balaban J connectivity index is 2.45. The van der Waals surface area contributed by atoms with Crippen molar-refractivity contribution in [2.24, 2.45) is 0 Å². The van der Waals surface area contributed by atoms with Crippen LogP contribution in [0.25, 0.3) is 11.3 Å². The van der Waals surface area contributed by atoms with Crippen LogP contribution >= 0.6 is 0 Å². The van der Waals surface area contributed by atoms with Crippen LogP contribution in [0.15, 0.2) is 34.9 Å². The SMILES string of the molecule is Cc1onc(-c2ccccc2)c1C(=O)N(CC#N)CC#N. The number of rotatable bonds is 4. The highest BCUT2D eigenvalue weighted by atomic mass is 16.5. The number of hydrogen-bond donors (Lipinski definition) is 0. The Labute approximate surface area is 121 Å². The molecule has 21 heavy (non-hydrogen) atoms. The molecule has 0 fully saturated rings. The third-order valence-corrected chi connectivity index (χ3v) is 2.93. The van der Waals surface area contributed by atoms with Gasteiger partial charge in [0.05, 0.1) is 12.1 Å². The molecule has 0 aliphatic heterocycles. The lowest BCUT2D eigenvalue weighted by molar-refractivity contribution is 0.0793. The summed E-state index contributed by atoms with van der Waals surface area (Å²) in [7, 11) is 0. The smallest absolute Gasteiger partial charge is 0.261 e. The Hall–Kier alpha value is -3.12. The molecule has 2 rings (SSSR count). The lowest BCUT2D eigenvalue weighted by atomic mass is 10.1. The molecule has 0 aliphatic rings. The molecule has 0 unspecified atom stereocenters. The maximum atomic E-state index is 12.5. The molecule has 0 saturated carbocycles. The number of nitriles is 2. The minimum atomic E-state index is -0.435. The van der Waals surface area contributed by atoms with Gasteiger partial charge in [0.15, 0.2) is 0 Å². The summed E-state index contributed by atoms with van der Waals surface area (Å²) in [5, 5.41) is 21.5. The zero-order valence-electron chi connectivity index (χ0n) is 11.4. The van der Waals surface area contributed by atoms with Crippen molar-refractivity contribution in [2.75, 3.05) is 13.1 Å². The van der Waals surface area contributed by atoms with E-state index >= 15 is 0 Å². The minimum Gasteiger partial charge on any atom is -0.360 e. The van der Waals surface area contributed by atoms with Gasteiger partial charge in [0.2, 0.25) is 0 Å². The van der Waals surface area contributed by atoms with Crippen molar-refractivity contribution in [1.82, 2.24) is 10.1 Å². The predicted molar refractivity (Wildman–Crippen MR) is 73.8 cm³/mol. The highest BCUT2D eigenvalue weighted by Gasteiger charge is 2.25. The van der Waals surface area contributed by atoms with Crippen LogP contribution in [0.4, 0.5) is 0 Å². The van der Waals surface area contributed by atoms with E-state index in [1.165, 1.54) is 0 Å². The summed E-state index contributed by atoms with van der Waals surface area (Å²) in [4.78, 5) is 13.7. The first-order valence-corrected chi connectivity index (χ1v) is 6.24. The van der Waals surface area contributed by atoms with E-state index in [9.17, 15) is 4.79 Å². The molecule has 0 N–H and O–H groups in total. The molecule has 6 heteroatoms. The fourth-order valence-corrected chi connectivity index (χ4v) is 1.95. The van der Waals surface area contributed by atoms with Crippen LogP contribution in [0, 0.1) is 29.6 Å². The normalized spacial score (nSPS) is 9.67. The number of aryl methyl sites for hydroxylation is 1. The summed E-state index contributed by atoms with van der Waals surface area (Å²) in [6.45, 7) is 1.31. The van der Waals surface area contributed by atoms with Crippen molar-refractivity contribution in [3.8, 4) is 23.4 Å². The topological polar surface area (TPSA) is 93.9 Å². The molecule has 1 aromatic heterocycles. The standard InChI is InChI=1S/C15H12N4O2/c1-11-13(15(20)19(9-7-16)10-8-17)14(18-21-11)12-5-3-2-4-6-12/h2-6H,9-10H2,1H3.